The Labute approximate surface area is 187 Å². The Morgan fingerprint density at radius 2 is 1.66 bits per heavy atom. The Morgan fingerprint density at radius 1 is 0.875 bits per heavy atom. The van der Waals surface area contributed by atoms with Crippen LogP contribution in [0.4, 0.5) is 0 Å². The molecule has 5 aromatic rings. The fourth-order valence-corrected chi connectivity index (χ4v) is 3.93. The zero-order valence-corrected chi connectivity index (χ0v) is 17.8. The van der Waals surface area contributed by atoms with Crippen LogP contribution in [0.3, 0.4) is 0 Å². The monoisotopic (exact) mass is 444 g/mol. The van der Waals surface area contributed by atoms with Crippen LogP contribution in [0.15, 0.2) is 91.2 Å². The van der Waals surface area contributed by atoms with Crippen molar-refractivity contribution in [2.45, 2.75) is 13.5 Å². The van der Waals surface area contributed by atoms with E-state index in [2.05, 4.69) is 0 Å². The number of hydrogen-bond donors (Lipinski definition) is 0. The van der Waals surface area contributed by atoms with Gasteiger partial charge in [0.2, 0.25) is 0 Å². The van der Waals surface area contributed by atoms with Crippen LogP contribution in [0, 0.1) is 6.92 Å². The summed E-state index contributed by atoms with van der Waals surface area (Å²) in [5.74, 6) is 0.559. The molecule has 2 heterocycles. The minimum absolute atomic E-state index is 0.268. The number of para-hydroxylation sites is 1. The molecule has 0 N–H and O–H groups in total. The molecule has 3 aromatic carbocycles. The van der Waals surface area contributed by atoms with Gasteiger partial charge in [0.15, 0.2) is 0 Å². The number of rotatable bonds is 4. The van der Waals surface area contributed by atoms with Crippen LogP contribution >= 0.6 is 11.6 Å². The van der Waals surface area contributed by atoms with Gasteiger partial charge < -0.3 is 13.6 Å². The lowest BCUT2D eigenvalue weighted by Gasteiger charge is -2.13. The van der Waals surface area contributed by atoms with E-state index < -0.39 is 11.3 Å². The number of benzene rings is 3. The smallest absolute Gasteiger partial charge is 0.344 e. The lowest BCUT2D eigenvalue weighted by molar-refractivity contribution is 0.304. The Bertz CT molecular complexity index is 1600. The Hall–Kier alpha value is -3.83. The molecule has 0 aliphatic rings. The second kappa shape index (κ2) is 8.02. The molecule has 0 saturated heterocycles. The van der Waals surface area contributed by atoms with E-state index in [1.807, 2.05) is 30.3 Å². The molecule has 0 atom stereocenters. The van der Waals surface area contributed by atoms with Crippen molar-refractivity contribution in [3.8, 4) is 16.9 Å². The molecule has 0 aliphatic carbocycles. The fraction of sp³-hybridized carbons (Fsp3) is 0.0769. The average molecular weight is 445 g/mol. The van der Waals surface area contributed by atoms with Crippen molar-refractivity contribution >= 4 is 33.5 Å². The van der Waals surface area contributed by atoms with Crippen LogP contribution < -0.4 is 16.0 Å². The van der Waals surface area contributed by atoms with Crippen molar-refractivity contribution in [2.24, 2.45) is 0 Å². The summed E-state index contributed by atoms with van der Waals surface area (Å²) < 4.78 is 16.9. The predicted octanol–water partition coefficient (Wildman–Crippen LogP) is 6.11. The van der Waals surface area contributed by atoms with E-state index >= 15 is 0 Å². The summed E-state index contributed by atoms with van der Waals surface area (Å²) in [5.41, 5.74) is 2.01. The van der Waals surface area contributed by atoms with Crippen molar-refractivity contribution < 1.29 is 13.6 Å². The number of ether oxygens (including phenoxy) is 1. The van der Waals surface area contributed by atoms with Gasteiger partial charge in [0, 0.05) is 38.6 Å². The first-order valence-corrected chi connectivity index (χ1v) is 10.4. The highest BCUT2D eigenvalue weighted by molar-refractivity contribution is 6.31. The van der Waals surface area contributed by atoms with Crippen molar-refractivity contribution in [3.05, 3.63) is 110 Å². The van der Waals surface area contributed by atoms with Gasteiger partial charge in [-0.1, -0.05) is 48.0 Å². The molecule has 32 heavy (non-hydrogen) atoms. The van der Waals surface area contributed by atoms with Crippen LogP contribution in [0.2, 0.25) is 5.02 Å². The summed E-state index contributed by atoms with van der Waals surface area (Å²) in [6.07, 6.45) is 0. The van der Waals surface area contributed by atoms with Crippen LogP contribution in [0.1, 0.15) is 11.1 Å². The number of halogens is 1. The van der Waals surface area contributed by atoms with Gasteiger partial charge in [0.1, 0.15) is 23.5 Å². The molecule has 158 valence electrons. The van der Waals surface area contributed by atoms with Gasteiger partial charge in [0.05, 0.1) is 5.56 Å². The second-order valence-electron chi connectivity index (χ2n) is 7.41. The van der Waals surface area contributed by atoms with Crippen LogP contribution in [-0.2, 0) is 6.61 Å². The van der Waals surface area contributed by atoms with Crippen LogP contribution in [0.5, 0.6) is 5.75 Å². The third-order valence-corrected chi connectivity index (χ3v) is 5.75. The third-order valence-electron chi connectivity index (χ3n) is 5.38. The molecule has 0 fully saturated rings. The standard InChI is InChI=1S/C26H17ClO5/c1-15-22(30-14-17-7-2-4-8-21(17)27)11-10-18-19(13-24(28)32-25(15)18)20-12-16-6-3-5-9-23(16)31-26(20)29/h2-13H,14H2,1H3. The third kappa shape index (κ3) is 3.57. The molecule has 0 saturated carbocycles. The minimum atomic E-state index is -0.564. The van der Waals surface area contributed by atoms with E-state index in [1.165, 1.54) is 6.07 Å². The lowest BCUT2D eigenvalue weighted by Crippen LogP contribution is -2.07. The van der Waals surface area contributed by atoms with Gasteiger partial charge in [-0.05, 0) is 37.3 Å². The molecule has 5 rings (SSSR count). The van der Waals surface area contributed by atoms with Gasteiger partial charge in [-0.15, -0.1) is 0 Å². The Balaban J connectivity index is 1.63. The SMILES string of the molecule is Cc1c(OCc2ccccc2Cl)ccc2c(-c3cc4ccccc4oc3=O)cc(=O)oc12. The quantitative estimate of drug-likeness (QED) is 0.313. The van der Waals surface area contributed by atoms with Gasteiger partial charge in [0.25, 0.3) is 0 Å². The molecule has 0 spiro atoms. The maximum absolute atomic E-state index is 12.7. The fourth-order valence-electron chi connectivity index (χ4n) is 3.74. The molecule has 0 aliphatic heterocycles. The molecule has 2 aromatic heterocycles. The Kier molecular flexibility index (Phi) is 5.04. The Morgan fingerprint density at radius 3 is 2.50 bits per heavy atom. The van der Waals surface area contributed by atoms with Crippen molar-refractivity contribution in [2.75, 3.05) is 0 Å². The maximum atomic E-state index is 12.7. The number of hydrogen-bond acceptors (Lipinski definition) is 5. The van der Waals surface area contributed by atoms with Crippen LogP contribution in [0.25, 0.3) is 33.1 Å². The zero-order chi connectivity index (χ0) is 22.2. The molecule has 5 nitrogen and oxygen atoms in total. The van der Waals surface area contributed by atoms with Gasteiger partial charge in [-0.25, -0.2) is 9.59 Å². The second-order valence-corrected chi connectivity index (χ2v) is 7.82. The molecular formula is C26H17ClO5. The van der Waals surface area contributed by atoms with Gasteiger partial charge >= 0.3 is 11.3 Å². The summed E-state index contributed by atoms with van der Waals surface area (Å²) in [7, 11) is 0. The van der Waals surface area contributed by atoms with E-state index in [9.17, 15) is 9.59 Å². The summed E-state index contributed by atoms with van der Waals surface area (Å²) >= 11 is 6.21. The molecule has 0 amide bonds. The number of aryl methyl sites for hydroxylation is 1. The van der Waals surface area contributed by atoms with E-state index in [1.54, 1.807) is 43.3 Å². The molecule has 0 bridgehead atoms. The first kappa shape index (κ1) is 20.1. The summed E-state index contributed by atoms with van der Waals surface area (Å²) in [6.45, 7) is 2.07. The molecule has 6 heteroatoms. The van der Waals surface area contributed by atoms with E-state index in [0.717, 1.165) is 10.9 Å². The molecule has 0 radical (unpaired) electrons. The van der Waals surface area contributed by atoms with Crippen molar-refractivity contribution in [1.29, 1.82) is 0 Å². The zero-order valence-electron chi connectivity index (χ0n) is 17.1. The first-order chi connectivity index (χ1) is 15.5. The van der Waals surface area contributed by atoms with Crippen LogP contribution in [-0.4, -0.2) is 0 Å². The topological polar surface area (TPSA) is 69.7 Å². The summed E-state index contributed by atoms with van der Waals surface area (Å²) in [4.78, 5) is 25.1. The predicted molar refractivity (Wildman–Crippen MR) is 124 cm³/mol. The van der Waals surface area contributed by atoms with E-state index in [4.69, 9.17) is 25.2 Å². The normalized spacial score (nSPS) is 11.2. The van der Waals surface area contributed by atoms with Crippen molar-refractivity contribution in [3.63, 3.8) is 0 Å². The lowest BCUT2D eigenvalue weighted by atomic mass is 10.0. The van der Waals surface area contributed by atoms with E-state index in [-0.39, 0.29) is 6.61 Å². The largest absolute Gasteiger partial charge is 0.488 e. The maximum Gasteiger partial charge on any atom is 0.344 e. The molecular weight excluding hydrogens is 428 g/mol. The average Bonchev–Trinajstić information content (AvgIpc) is 2.79. The minimum Gasteiger partial charge on any atom is -0.488 e. The summed E-state index contributed by atoms with van der Waals surface area (Å²) in [5, 5.41) is 2.00. The van der Waals surface area contributed by atoms with E-state index in [0.29, 0.717) is 44.0 Å². The highest BCUT2D eigenvalue weighted by atomic mass is 35.5. The highest BCUT2D eigenvalue weighted by Gasteiger charge is 2.17. The summed E-state index contributed by atoms with van der Waals surface area (Å²) in [6, 6.07) is 21.3. The molecule has 0 unspecified atom stereocenters. The first-order valence-electron chi connectivity index (χ1n) is 9.98. The van der Waals surface area contributed by atoms with Crippen molar-refractivity contribution in [1.82, 2.24) is 0 Å². The highest BCUT2D eigenvalue weighted by Crippen LogP contribution is 2.33. The van der Waals surface area contributed by atoms with Gasteiger partial charge in [-0.2, -0.15) is 0 Å². The van der Waals surface area contributed by atoms with Gasteiger partial charge in [-0.3, -0.25) is 0 Å². The number of fused-ring (bicyclic) bond motifs is 2.